The largest absolute Gasteiger partial charge is 0.513 e. The summed E-state index contributed by atoms with van der Waals surface area (Å²) in [7, 11) is 0. The van der Waals surface area contributed by atoms with Gasteiger partial charge in [-0.15, -0.1) is 0 Å². The summed E-state index contributed by atoms with van der Waals surface area (Å²) in [6, 6.07) is 0. The van der Waals surface area contributed by atoms with Gasteiger partial charge in [0.2, 0.25) is 0 Å². The molecule has 1 spiro atoms. The second-order valence-electron chi connectivity index (χ2n) is 7.01. The molecule has 2 N–H and O–H groups in total. The number of aromatic nitrogens is 2. The molecule has 6 heteroatoms. The van der Waals surface area contributed by atoms with Crippen LogP contribution in [0.15, 0.2) is 53.6 Å². The predicted octanol–water partition coefficient (Wildman–Crippen LogP) is 4.02. The van der Waals surface area contributed by atoms with E-state index < -0.39 is 0 Å². The van der Waals surface area contributed by atoms with Gasteiger partial charge in [0, 0.05) is 18.9 Å². The van der Waals surface area contributed by atoms with Gasteiger partial charge in [0.05, 0.1) is 12.1 Å². The third-order valence-electron chi connectivity index (χ3n) is 5.12. The second kappa shape index (κ2) is 10.1. The van der Waals surface area contributed by atoms with Crippen LogP contribution in [-0.2, 0) is 6.54 Å². The Balaban J connectivity index is 0.000000232. The number of aliphatic hydroxyl groups excluding tert-OH is 1. The summed E-state index contributed by atoms with van der Waals surface area (Å²) in [6.07, 6.45) is 16.3. The molecule has 1 aromatic heterocycles. The quantitative estimate of drug-likeness (QED) is 0.628. The highest BCUT2D eigenvalue weighted by atomic mass is 19.1. The van der Waals surface area contributed by atoms with Crippen molar-refractivity contribution in [1.82, 2.24) is 14.9 Å². The molecule has 0 bridgehead atoms. The number of rotatable bonds is 4. The maximum Gasteiger partial charge on any atom is 0.270 e. The first kappa shape index (κ1) is 20.1. The molecule has 1 aliphatic carbocycles. The minimum atomic E-state index is -0.0450. The number of nitrogens with zero attached hydrogens (tertiary/aromatic N) is 2. The summed E-state index contributed by atoms with van der Waals surface area (Å²) in [4.78, 5) is 20.7. The molecular formula is C20H28FN3O2. The lowest BCUT2D eigenvalue weighted by Gasteiger charge is -2.47. The molecule has 2 fully saturated rings. The summed E-state index contributed by atoms with van der Waals surface area (Å²) < 4.78 is 11.2. The summed E-state index contributed by atoms with van der Waals surface area (Å²) in [5.74, 6) is 0.207. The average molecular weight is 361 g/mol. The first-order valence-electron chi connectivity index (χ1n) is 9.09. The first-order valence-corrected chi connectivity index (χ1v) is 9.09. The van der Waals surface area contributed by atoms with Crippen LogP contribution in [0.2, 0.25) is 0 Å². The number of hydrogen-bond donors (Lipinski definition) is 2. The van der Waals surface area contributed by atoms with Crippen molar-refractivity contribution in [2.75, 3.05) is 13.1 Å². The summed E-state index contributed by atoms with van der Waals surface area (Å²) >= 11 is 0. The average Bonchev–Trinajstić information content (AvgIpc) is 2.61. The van der Waals surface area contributed by atoms with Crippen molar-refractivity contribution in [2.24, 2.45) is 5.41 Å². The van der Waals surface area contributed by atoms with E-state index >= 15 is 0 Å². The molecule has 1 aromatic rings. The van der Waals surface area contributed by atoms with Crippen molar-refractivity contribution < 1.29 is 9.50 Å². The Hall–Kier alpha value is -2.21. The lowest BCUT2D eigenvalue weighted by molar-refractivity contribution is 0.0299. The Kier molecular flexibility index (Phi) is 7.78. The molecule has 26 heavy (non-hydrogen) atoms. The molecule has 0 radical (unpaired) electrons. The zero-order valence-electron chi connectivity index (χ0n) is 15.3. The van der Waals surface area contributed by atoms with Crippen LogP contribution in [0.1, 0.15) is 44.7 Å². The fraction of sp³-hybridized carbons (Fsp3) is 0.500. The maximum atomic E-state index is 11.5. The van der Waals surface area contributed by atoms with Crippen molar-refractivity contribution in [3.8, 4) is 0 Å². The van der Waals surface area contributed by atoms with E-state index in [1.54, 1.807) is 25.4 Å². The number of halogens is 1. The van der Waals surface area contributed by atoms with Gasteiger partial charge in [0.15, 0.2) is 0 Å². The maximum absolute atomic E-state index is 11.5. The van der Waals surface area contributed by atoms with Gasteiger partial charge in [-0.25, -0.2) is 4.39 Å². The molecule has 142 valence electrons. The first-order chi connectivity index (χ1) is 12.5. The summed E-state index contributed by atoms with van der Waals surface area (Å²) in [5, 5.41) is 8.54. The zero-order valence-corrected chi connectivity index (χ0v) is 15.3. The topological polar surface area (TPSA) is 69.2 Å². The van der Waals surface area contributed by atoms with E-state index in [-0.39, 0.29) is 11.3 Å². The molecule has 0 amide bonds. The van der Waals surface area contributed by atoms with Gasteiger partial charge in [-0.2, -0.15) is 0 Å². The lowest BCUT2D eigenvalue weighted by Crippen LogP contribution is -2.43. The van der Waals surface area contributed by atoms with Crippen LogP contribution in [0, 0.1) is 5.41 Å². The van der Waals surface area contributed by atoms with Crippen molar-refractivity contribution in [3.05, 3.63) is 64.8 Å². The minimum absolute atomic E-state index is 0.0450. The van der Waals surface area contributed by atoms with Crippen LogP contribution >= 0.6 is 0 Å². The van der Waals surface area contributed by atoms with Crippen LogP contribution < -0.4 is 5.56 Å². The van der Waals surface area contributed by atoms with Crippen molar-refractivity contribution >= 4 is 0 Å². The van der Waals surface area contributed by atoms with Gasteiger partial charge in [-0.1, -0.05) is 18.6 Å². The minimum Gasteiger partial charge on any atom is -0.513 e. The highest BCUT2D eigenvalue weighted by Crippen LogP contribution is 2.48. The number of piperidine rings is 1. The predicted molar refractivity (Wildman–Crippen MR) is 101 cm³/mol. The number of likely N-dealkylation sites (tertiary alicyclic amines) is 1. The van der Waals surface area contributed by atoms with E-state index in [9.17, 15) is 9.18 Å². The highest BCUT2D eigenvalue weighted by molar-refractivity contribution is 5.11. The van der Waals surface area contributed by atoms with E-state index in [1.807, 2.05) is 0 Å². The van der Waals surface area contributed by atoms with Gasteiger partial charge >= 0.3 is 0 Å². The van der Waals surface area contributed by atoms with Gasteiger partial charge in [0.25, 0.3) is 5.56 Å². The Morgan fingerprint density at radius 2 is 2.04 bits per heavy atom. The normalized spacial score (nSPS) is 20.2. The molecule has 2 aliphatic rings. The van der Waals surface area contributed by atoms with Crippen molar-refractivity contribution in [3.63, 3.8) is 0 Å². The van der Waals surface area contributed by atoms with E-state index in [2.05, 4.69) is 14.9 Å². The molecule has 3 rings (SSSR count). The molecule has 2 heterocycles. The van der Waals surface area contributed by atoms with Gasteiger partial charge in [-0.3, -0.25) is 14.7 Å². The third kappa shape index (κ3) is 6.26. The third-order valence-corrected chi connectivity index (χ3v) is 5.12. The second-order valence-corrected chi connectivity index (χ2v) is 7.01. The highest BCUT2D eigenvalue weighted by Gasteiger charge is 2.39. The summed E-state index contributed by atoms with van der Waals surface area (Å²) in [6.45, 7) is 4.49. The molecule has 0 atom stereocenters. The number of H-pyrrole nitrogens is 1. The number of allylic oxidation sites excluding steroid dienone is 5. The lowest BCUT2D eigenvalue weighted by atomic mass is 9.63. The van der Waals surface area contributed by atoms with Crippen molar-refractivity contribution in [2.45, 2.75) is 45.6 Å². The van der Waals surface area contributed by atoms with Crippen LogP contribution in [-0.4, -0.2) is 33.1 Å². The Morgan fingerprint density at radius 1 is 1.31 bits per heavy atom. The van der Waals surface area contributed by atoms with Crippen LogP contribution in [0.4, 0.5) is 4.39 Å². The Morgan fingerprint density at radius 3 is 2.58 bits per heavy atom. The van der Waals surface area contributed by atoms with Crippen molar-refractivity contribution in [1.29, 1.82) is 0 Å². The number of aromatic amines is 1. The van der Waals surface area contributed by atoms with Gasteiger partial charge < -0.3 is 10.1 Å². The molecule has 1 saturated carbocycles. The number of hydrogen-bond acceptors (Lipinski definition) is 4. The SMILES string of the molecule is C\C(O)=C/C=C\C=C\F.O=c1[nH]ccnc1CN1CCC2(CCC2)CC1. The van der Waals surface area contributed by atoms with E-state index in [0.717, 1.165) is 13.1 Å². The van der Waals surface area contributed by atoms with E-state index in [4.69, 9.17) is 5.11 Å². The fourth-order valence-electron chi connectivity index (χ4n) is 3.37. The smallest absolute Gasteiger partial charge is 0.270 e. The Labute approximate surface area is 154 Å². The van der Waals surface area contributed by atoms with Crippen LogP contribution in [0.5, 0.6) is 0 Å². The monoisotopic (exact) mass is 361 g/mol. The molecule has 1 saturated heterocycles. The van der Waals surface area contributed by atoms with E-state index in [1.165, 1.54) is 50.3 Å². The van der Waals surface area contributed by atoms with Crippen LogP contribution in [0.3, 0.4) is 0 Å². The molecule has 1 aliphatic heterocycles. The van der Waals surface area contributed by atoms with Gasteiger partial charge in [-0.05, 0) is 63.3 Å². The Bertz CT molecular complexity index is 691. The zero-order chi connectivity index (χ0) is 18.8. The number of aliphatic hydroxyl groups is 1. The molecular weight excluding hydrogens is 333 g/mol. The van der Waals surface area contributed by atoms with Crippen LogP contribution in [0.25, 0.3) is 0 Å². The molecule has 0 unspecified atom stereocenters. The van der Waals surface area contributed by atoms with Gasteiger partial charge in [0.1, 0.15) is 5.69 Å². The summed E-state index contributed by atoms with van der Waals surface area (Å²) in [5.41, 5.74) is 1.28. The fourth-order valence-corrected chi connectivity index (χ4v) is 3.37. The standard InChI is InChI=1S/C13H19N3O.C7H9FO/c17-12-11(14-6-7-15-12)10-16-8-4-13(5-9-16)2-1-3-13;1-7(9)5-3-2-4-6-8/h6-7H,1-5,8-10H2,(H,15,17);2-6,9H,1H3/b;3-2-,6-4+,7-5+. The molecule has 5 nitrogen and oxygen atoms in total. The molecule has 0 aromatic carbocycles. The van der Waals surface area contributed by atoms with E-state index in [0.29, 0.717) is 24.0 Å². The number of nitrogens with one attached hydrogen (secondary N) is 1.